The molecule has 1 aliphatic heterocycles. The Balaban J connectivity index is 2.33. The Morgan fingerprint density at radius 3 is 2.35 bits per heavy atom. The number of fused-ring (bicyclic) bond motifs is 1. The van der Waals surface area contributed by atoms with Crippen LogP contribution < -0.4 is 14.8 Å². The summed E-state index contributed by atoms with van der Waals surface area (Å²) in [4.78, 5) is 0. The van der Waals surface area contributed by atoms with E-state index in [0.29, 0.717) is 6.04 Å². The van der Waals surface area contributed by atoms with Gasteiger partial charge in [-0.2, -0.15) is 0 Å². The molecule has 0 saturated heterocycles. The van der Waals surface area contributed by atoms with Gasteiger partial charge in [0.05, 0.1) is 13.2 Å². The molecule has 0 radical (unpaired) electrons. The van der Waals surface area contributed by atoms with Crippen LogP contribution in [0.5, 0.6) is 11.5 Å². The van der Waals surface area contributed by atoms with Crippen molar-refractivity contribution < 1.29 is 9.47 Å². The molecule has 0 aliphatic carbocycles. The maximum atomic E-state index is 5.80. The van der Waals surface area contributed by atoms with Gasteiger partial charge in [-0.1, -0.05) is 36.7 Å². The summed E-state index contributed by atoms with van der Waals surface area (Å²) in [6.07, 6.45) is 1.99. The third kappa shape index (κ3) is 3.89. The Labute approximate surface area is 130 Å². The van der Waals surface area contributed by atoms with Crippen LogP contribution in [0.3, 0.4) is 0 Å². The van der Waals surface area contributed by atoms with Gasteiger partial charge in [-0.05, 0) is 36.6 Å². The first kappa shape index (κ1) is 15.6. The Bertz CT molecular complexity index is 468. The van der Waals surface area contributed by atoms with Gasteiger partial charge in [-0.25, -0.2) is 0 Å². The lowest BCUT2D eigenvalue weighted by Crippen LogP contribution is -2.23. The van der Waals surface area contributed by atoms with Gasteiger partial charge < -0.3 is 14.8 Å². The predicted octanol–water partition coefficient (Wildman–Crippen LogP) is 4.31. The van der Waals surface area contributed by atoms with Gasteiger partial charge in [0.15, 0.2) is 11.5 Å². The van der Waals surface area contributed by atoms with Crippen LogP contribution in [-0.4, -0.2) is 20.3 Å². The van der Waals surface area contributed by atoms with Crippen molar-refractivity contribution in [2.24, 2.45) is 5.41 Å². The van der Waals surface area contributed by atoms with E-state index in [4.69, 9.17) is 9.47 Å². The first-order chi connectivity index (χ1) is 9.40. The van der Waals surface area contributed by atoms with E-state index in [2.05, 4.69) is 48.1 Å². The number of halogens is 1. The summed E-state index contributed by atoms with van der Waals surface area (Å²) in [6, 6.07) is 4.43. The average molecular weight is 342 g/mol. The van der Waals surface area contributed by atoms with Crippen LogP contribution in [0.15, 0.2) is 16.6 Å². The van der Waals surface area contributed by atoms with Gasteiger partial charge in [0.1, 0.15) is 0 Å². The highest BCUT2D eigenvalue weighted by atomic mass is 79.9. The quantitative estimate of drug-likeness (QED) is 0.888. The summed E-state index contributed by atoms with van der Waals surface area (Å²) in [5.74, 6) is 1.69. The number of benzene rings is 1. The summed E-state index contributed by atoms with van der Waals surface area (Å²) in [6.45, 7) is 8.21. The van der Waals surface area contributed by atoms with Crippen molar-refractivity contribution in [3.8, 4) is 11.5 Å². The minimum absolute atomic E-state index is 0.261. The first-order valence-corrected chi connectivity index (χ1v) is 7.96. The maximum absolute atomic E-state index is 5.80. The first-order valence-electron chi connectivity index (χ1n) is 7.17. The minimum atomic E-state index is 0.261. The van der Waals surface area contributed by atoms with Gasteiger partial charge >= 0.3 is 0 Å². The fraction of sp³-hybridized carbons (Fsp3) is 0.625. The van der Waals surface area contributed by atoms with E-state index in [-0.39, 0.29) is 5.41 Å². The summed E-state index contributed by atoms with van der Waals surface area (Å²) >= 11 is 3.67. The van der Waals surface area contributed by atoms with Crippen molar-refractivity contribution in [1.82, 2.24) is 5.32 Å². The molecule has 1 aliphatic rings. The van der Waals surface area contributed by atoms with Crippen molar-refractivity contribution in [2.45, 2.75) is 39.7 Å². The molecule has 112 valence electrons. The molecule has 0 fully saturated rings. The molecule has 1 N–H and O–H groups in total. The molecule has 0 spiro atoms. The van der Waals surface area contributed by atoms with Crippen LogP contribution in [0.1, 0.15) is 45.2 Å². The SMILES string of the molecule is CNC(CC(C)(C)C)c1cc2c(cc1Br)OCCCO2. The summed E-state index contributed by atoms with van der Waals surface area (Å²) < 4.78 is 12.6. The zero-order valence-electron chi connectivity index (χ0n) is 12.8. The fourth-order valence-electron chi connectivity index (χ4n) is 2.45. The molecule has 1 aromatic carbocycles. The van der Waals surface area contributed by atoms with Gasteiger partial charge in [0, 0.05) is 16.9 Å². The topological polar surface area (TPSA) is 30.5 Å². The Hall–Kier alpha value is -0.740. The molecule has 2 rings (SSSR count). The third-order valence-corrected chi connectivity index (χ3v) is 4.09. The molecule has 1 heterocycles. The molecule has 1 aromatic rings. The van der Waals surface area contributed by atoms with Gasteiger partial charge in [-0.3, -0.25) is 0 Å². The van der Waals surface area contributed by atoms with Crippen molar-refractivity contribution in [1.29, 1.82) is 0 Å². The number of hydrogen-bond acceptors (Lipinski definition) is 3. The largest absolute Gasteiger partial charge is 0.490 e. The van der Waals surface area contributed by atoms with Crippen molar-refractivity contribution in [2.75, 3.05) is 20.3 Å². The highest BCUT2D eigenvalue weighted by molar-refractivity contribution is 9.10. The van der Waals surface area contributed by atoms with E-state index in [1.54, 1.807) is 0 Å². The van der Waals surface area contributed by atoms with E-state index in [0.717, 1.165) is 42.0 Å². The molecule has 3 nitrogen and oxygen atoms in total. The highest BCUT2D eigenvalue weighted by Gasteiger charge is 2.23. The van der Waals surface area contributed by atoms with E-state index in [9.17, 15) is 0 Å². The van der Waals surface area contributed by atoms with Crippen LogP contribution >= 0.6 is 15.9 Å². The molecule has 4 heteroatoms. The smallest absolute Gasteiger partial charge is 0.162 e. The van der Waals surface area contributed by atoms with E-state index in [1.807, 2.05) is 13.1 Å². The molecule has 1 unspecified atom stereocenters. The van der Waals surface area contributed by atoms with Crippen LogP contribution in [0.2, 0.25) is 0 Å². The molecule has 0 bridgehead atoms. The maximum Gasteiger partial charge on any atom is 0.162 e. The Kier molecular flexibility index (Phi) is 4.97. The molecular weight excluding hydrogens is 318 g/mol. The standard InChI is InChI=1S/C16H24BrNO2/c1-16(2,3)10-13(18-4)11-8-14-15(9-12(11)17)20-7-5-6-19-14/h8-9,13,18H,5-7,10H2,1-4H3. The molecule has 1 atom stereocenters. The highest BCUT2D eigenvalue weighted by Crippen LogP contribution is 2.40. The Morgan fingerprint density at radius 1 is 1.20 bits per heavy atom. The minimum Gasteiger partial charge on any atom is -0.490 e. The summed E-state index contributed by atoms with van der Waals surface area (Å²) in [7, 11) is 2.01. The summed E-state index contributed by atoms with van der Waals surface area (Å²) in [5.41, 5.74) is 1.49. The lowest BCUT2D eigenvalue weighted by molar-refractivity contribution is 0.296. The Morgan fingerprint density at radius 2 is 1.80 bits per heavy atom. The molecule has 0 amide bonds. The van der Waals surface area contributed by atoms with Crippen molar-refractivity contribution >= 4 is 15.9 Å². The molecule has 20 heavy (non-hydrogen) atoms. The van der Waals surface area contributed by atoms with Crippen LogP contribution in [-0.2, 0) is 0 Å². The molecule has 0 saturated carbocycles. The summed E-state index contributed by atoms with van der Waals surface area (Å²) in [5, 5.41) is 3.41. The monoisotopic (exact) mass is 341 g/mol. The van der Waals surface area contributed by atoms with Gasteiger partial charge in [0.2, 0.25) is 0 Å². The molecule has 0 aromatic heterocycles. The predicted molar refractivity (Wildman–Crippen MR) is 85.6 cm³/mol. The fourth-order valence-corrected chi connectivity index (χ4v) is 3.05. The average Bonchev–Trinajstić information content (AvgIpc) is 2.58. The second kappa shape index (κ2) is 6.35. The number of hydrogen-bond donors (Lipinski definition) is 1. The normalized spacial score (nSPS) is 16.6. The van der Waals surface area contributed by atoms with E-state index < -0.39 is 0 Å². The van der Waals surface area contributed by atoms with Crippen LogP contribution in [0, 0.1) is 5.41 Å². The molecular formula is C16H24BrNO2. The lowest BCUT2D eigenvalue weighted by Gasteiger charge is -2.27. The second-order valence-electron chi connectivity index (χ2n) is 6.48. The van der Waals surface area contributed by atoms with E-state index in [1.165, 1.54) is 5.56 Å². The van der Waals surface area contributed by atoms with Crippen LogP contribution in [0.25, 0.3) is 0 Å². The lowest BCUT2D eigenvalue weighted by atomic mass is 9.85. The second-order valence-corrected chi connectivity index (χ2v) is 7.33. The van der Waals surface area contributed by atoms with Crippen molar-refractivity contribution in [3.63, 3.8) is 0 Å². The van der Waals surface area contributed by atoms with Gasteiger partial charge in [0.25, 0.3) is 0 Å². The zero-order chi connectivity index (χ0) is 14.8. The zero-order valence-corrected chi connectivity index (χ0v) is 14.3. The number of ether oxygens (including phenoxy) is 2. The van der Waals surface area contributed by atoms with Gasteiger partial charge in [-0.15, -0.1) is 0 Å². The number of rotatable bonds is 3. The van der Waals surface area contributed by atoms with Crippen molar-refractivity contribution in [3.05, 3.63) is 22.2 Å². The third-order valence-electron chi connectivity index (χ3n) is 3.41. The number of nitrogens with one attached hydrogen (secondary N) is 1. The van der Waals surface area contributed by atoms with Crippen LogP contribution in [0.4, 0.5) is 0 Å². The van der Waals surface area contributed by atoms with E-state index >= 15 is 0 Å².